The fourth-order valence-electron chi connectivity index (χ4n) is 2.63. The van der Waals surface area contributed by atoms with E-state index in [1.807, 2.05) is 6.07 Å². The first-order valence-electron chi connectivity index (χ1n) is 7.29. The number of aromatic nitrogens is 4. The van der Waals surface area contributed by atoms with Crippen molar-refractivity contribution in [1.82, 2.24) is 19.9 Å². The summed E-state index contributed by atoms with van der Waals surface area (Å²) >= 11 is 0. The Bertz CT molecular complexity index is 949. The number of nitrogen functional groups attached to an aromatic ring is 1. The lowest BCUT2D eigenvalue weighted by molar-refractivity contribution is 0.386. The largest absolute Gasteiger partial charge is 0.383 e. The van der Waals surface area contributed by atoms with Crippen LogP contribution in [-0.4, -0.2) is 19.9 Å². The second kappa shape index (κ2) is 4.78. The quantitative estimate of drug-likeness (QED) is 0.797. The molecule has 4 rings (SSSR count). The number of hydrogen-bond acceptors (Lipinski definition) is 6. The summed E-state index contributed by atoms with van der Waals surface area (Å²) in [6, 6.07) is 3.19. The molecule has 2 N–H and O–H groups in total. The topological polar surface area (TPSA) is 107 Å². The minimum absolute atomic E-state index is 0.142. The highest BCUT2D eigenvalue weighted by molar-refractivity contribution is 5.99. The number of nitrogens with two attached hydrogens (primary N) is 1. The standard InChI is InChI=1S/C15H13FN6O/c1-7(5-17)22-14-9(16)6-19-15(18)12(14)13(20-22)10-4-11(23-21-10)8-2-3-8/h4,6-8H,2-3H2,1H3,(H2,18,19). The van der Waals surface area contributed by atoms with Gasteiger partial charge in [-0.3, -0.25) is 0 Å². The second-order valence-electron chi connectivity index (χ2n) is 5.70. The van der Waals surface area contributed by atoms with Crippen LogP contribution in [0.1, 0.15) is 37.5 Å². The fraction of sp³-hybridized carbons (Fsp3) is 0.333. The zero-order chi connectivity index (χ0) is 16.1. The van der Waals surface area contributed by atoms with Crippen LogP contribution in [0.4, 0.5) is 10.2 Å². The summed E-state index contributed by atoms with van der Waals surface area (Å²) in [5.74, 6) is 0.749. The molecule has 8 heteroatoms. The monoisotopic (exact) mass is 312 g/mol. The molecule has 3 aromatic rings. The lowest BCUT2D eigenvalue weighted by Crippen LogP contribution is -2.06. The summed E-state index contributed by atoms with van der Waals surface area (Å²) in [6.07, 6.45) is 3.18. The van der Waals surface area contributed by atoms with Gasteiger partial charge in [0.2, 0.25) is 0 Å². The maximum atomic E-state index is 14.3. The Hall–Kier alpha value is -2.95. The molecular formula is C15H13FN6O. The number of anilines is 1. The van der Waals surface area contributed by atoms with Gasteiger partial charge in [0, 0.05) is 12.0 Å². The van der Waals surface area contributed by atoms with Crippen LogP contribution in [0.25, 0.3) is 22.3 Å². The summed E-state index contributed by atoms with van der Waals surface area (Å²) in [7, 11) is 0. The third-order valence-corrected chi connectivity index (χ3v) is 4.01. The first-order valence-corrected chi connectivity index (χ1v) is 7.29. The van der Waals surface area contributed by atoms with E-state index in [9.17, 15) is 4.39 Å². The van der Waals surface area contributed by atoms with Crippen LogP contribution in [0.15, 0.2) is 16.8 Å². The van der Waals surface area contributed by atoms with Crippen LogP contribution in [0.5, 0.6) is 0 Å². The molecular weight excluding hydrogens is 299 g/mol. The number of hydrogen-bond donors (Lipinski definition) is 1. The normalized spacial score (nSPS) is 15.7. The summed E-state index contributed by atoms with van der Waals surface area (Å²) in [5, 5.41) is 17.9. The SMILES string of the molecule is CC(C#N)n1nc(-c2cc(C3CC3)on2)c2c(N)ncc(F)c21. The van der Waals surface area contributed by atoms with E-state index < -0.39 is 11.9 Å². The van der Waals surface area contributed by atoms with Crippen molar-refractivity contribution >= 4 is 16.7 Å². The van der Waals surface area contributed by atoms with E-state index in [-0.39, 0.29) is 11.3 Å². The number of pyridine rings is 1. The number of nitriles is 1. The van der Waals surface area contributed by atoms with Gasteiger partial charge in [-0.1, -0.05) is 5.16 Å². The molecule has 23 heavy (non-hydrogen) atoms. The smallest absolute Gasteiger partial charge is 0.167 e. The van der Waals surface area contributed by atoms with Gasteiger partial charge in [-0.2, -0.15) is 10.4 Å². The zero-order valence-corrected chi connectivity index (χ0v) is 12.3. The molecule has 0 spiro atoms. The molecule has 0 aliphatic heterocycles. The lowest BCUT2D eigenvalue weighted by atomic mass is 10.1. The molecule has 1 fully saturated rings. The van der Waals surface area contributed by atoms with Gasteiger partial charge >= 0.3 is 0 Å². The highest BCUT2D eigenvalue weighted by Gasteiger charge is 2.30. The summed E-state index contributed by atoms with van der Waals surface area (Å²) in [5.41, 5.74) is 6.92. The molecule has 1 aliphatic carbocycles. The average Bonchev–Trinajstić information content (AvgIpc) is 3.14. The van der Waals surface area contributed by atoms with Gasteiger partial charge in [-0.05, 0) is 19.8 Å². The second-order valence-corrected chi connectivity index (χ2v) is 5.70. The molecule has 1 saturated carbocycles. The minimum atomic E-state index is -0.655. The maximum absolute atomic E-state index is 14.3. The van der Waals surface area contributed by atoms with Crippen molar-refractivity contribution in [2.75, 3.05) is 5.73 Å². The number of fused-ring (bicyclic) bond motifs is 1. The molecule has 7 nitrogen and oxygen atoms in total. The number of nitrogens with zero attached hydrogens (tertiary/aromatic N) is 5. The maximum Gasteiger partial charge on any atom is 0.167 e. The Morgan fingerprint density at radius 2 is 2.30 bits per heavy atom. The third-order valence-electron chi connectivity index (χ3n) is 4.01. The first-order chi connectivity index (χ1) is 11.1. The third kappa shape index (κ3) is 2.04. The molecule has 1 unspecified atom stereocenters. The Kier molecular flexibility index (Phi) is 2.84. The van der Waals surface area contributed by atoms with Crippen molar-refractivity contribution in [2.45, 2.75) is 31.7 Å². The predicted molar refractivity (Wildman–Crippen MR) is 79.7 cm³/mol. The van der Waals surface area contributed by atoms with Gasteiger partial charge in [-0.15, -0.1) is 0 Å². The van der Waals surface area contributed by atoms with E-state index >= 15 is 0 Å². The molecule has 3 aromatic heterocycles. The van der Waals surface area contributed by atoms with E-state index in [0.29, 0.717) is 22.7 Å². The van der Waals surface area contributed by atoms with Crippen molar-refractivity contribution in [1.29, 1.82) is 5.26 Å². The number of halogens is 1. The summed E-state index contributed by atoms with van der Waals surface area (Å²) in [4.78, 5) is 3.85. The van der Waals surface area contributed by atoms with Gasteiger partial charge in [-0.25, -0.2) is 14.1 Å². The molecule has 0 saturated heterocycles. The van der Waals surface area contributed by atoms with Crippen molar-refractivity contribution in [3.8, 4) is 17.5 Å². The average molecular weight is 312 g/mol. The molecule has 0 bridgehead atoms. The van der Waals surface area contributed by atoms with Crippen molar-refractivity contribution < 1.29 is 8.91 Å². The molecule has 1 aliphatic rings. The van der Waals surface area contributed by atoms with Crippen LogP contribution in [0.3, 0.4) is 0 Å². The van der Waals surface area contributed by atoms with Gasteiger partial charge in [0.1, 0.15) is 34.5 Å². The molecule has 116 valence electrons. The Morgan fingerprint density at radius 1 is 1.52 bits per heavy atom. The van der Waals surface area contributed by atoms with Gasteiger partial charge in [0.15, 0.2) is 5.82 Å². The van der Waals surface area contributed by atoms with Crippen LogP contribution >= 0.6 is 0 Å². The van der Waals surface area contributed by atoms with Crippen LogP contribution in [-0.2, 0) is 0 Å². The first kappa shape index (κ1) is 13.7. The highest BCUT2D eigenvalue weighted by atomic mass is 19.1. The number of rotatable bonds is 3. The molecule has 0 amide bonds. The fourth-order valence-corrected chi connectivity index (χ4v) is 2.63. The lowest BCUT2D eigenvalue weighted by Gasteiger charge is -2.05. The summed E-state index contributed by atoms with van der Waals surface area (Å²) < 4.78 is 20.9. The zero-order valence-electron chi connectivity index (χ0n) is 12.3. The highest BCUT2D eigenvalue weighted by Crippen LogP contribution is 2.42. The molecule has 0 radical (unpaired) electrons. The van der Waals surface area contributed by atoms with Crippen molar-refractivity contribution in [2.24, 2.45) is 0 Å². The van der Waals surface area contributed by atoms with E-state index in [1.54, 1.807) is 13.0 Å². The van der Waals surface area contributed by atoms with Gasteiger partial charge in [0.25, 0.3) is 0 Å². The summed E-state index contributed by atoms with van der Waals surface area (Å²) in [6.45, 7) is 1.63. The van der Waals surface area contributed by atoms with E-state index in [2.05, 4.69) is 15.2 Å². The van der Waals surface area contributed by atoms with Crippen molar-refractivity contribution in [3.05, 3.63) is 23.8 Å². The minimum Gasteiger partial charge on any atom is -0.383 e. The molecule has 1 atom stereocenters. The molecule has 0 aromatic carbocycles. The predicted octanol–water partition coefficient (Wildman–Crippen LogP) is 2.77. The Labute approximate surface area is 130 Å². The van der Waals surface area contributed by atoms with Crippen LogP contribution < -0.4 is 5.73 Å². The molecule has 3 heterocycles. The van der Waals surface area contributed by atoms with Crippen LogP contribution in [0.2, 0.25) is 0 Å². The van der Waals surface area contributed by atoms with Gasteiger partial charge < -0.3 is 10.3 Å². The Balaban J connectivity index is 1.98. The van der Waals surface area contributed by atoms with E-state index in [0.717, 1.165) is 24.8 Å². The Morgan fingerprint density at radius 3 is 3.00 bits per heavy atom. The van der Waals surface area contributed by atoms with E-state index in [1.165, 1.54) is 4.68 Å². The van der Waals surface area contributed by atoms with Crippen LogP contribution in [0, 0.1) is 17.1 Å². The van der Waals surface area contributed by atoms with Gasteiger partial charge in [0.05, 0.1) is 17.7 Å². The van der Waals surface area contributed by atoms with Crippen molar-refractivity contribution in [3.63, 3.8) is 0 Å². The van der Waals surface area contributed by atoms with E-state index in [4.69, 9.17) is 15.5 Å².